The molecular formula is C22H25N3OS. The number of nitrogens with zero attached hydrogens (tertiary/aromatic N) is 3. The highest BCUT2D eigenvalue weighted by Gasteiger charge is 2.25. The molecule has 0 N–H and O–H groups in total. The number of anilines is 1. The van der Waals surface area contributed by atoms with Crippen LogP contribution in [0.25, 0.3) is 0 Å². The van der Waals surface area contributed by atoms with Gasteiger partial charge in [0.2, 0.25) is 0 Å². The van der Waals surface area contributed by atoms with Gasteiger partial charge in [0.25, 0.3) is 5.91 Å². The van der Waals surface area contributed by atoms with Gasteiger partial charge in [-0.15, -0.1) is 11.3 Å². The van der Waals surface area contributed by atoms with Crippen LogP contribution in [0.5, 0.6) is 0 Å². The summed E-state index contributed by atoms with van der Waals surface area (Å²) in [5, 5.41) is 8.96. The summed E-state index contributed by atoms with van der Waals surface area (Å²) in [5.41, 5.74) is 3.21. The fourth-order valence-corrected chi connectivity index (χ4v) is 5.27. The van der Waals surface area contributed by atoms with Crippen molar-refractivity contribution in [3.8, 4) is 6.07 Å². The zero-order valence-electron chi connectivity index (χ0n) is 15.8. The lowest BCUT2D eigenvalue weighted by Crippen LogP contribution is -2.34. The minimum absolute atomic E-state index is 0.198. The number of amides is 1. The predicted molar refractivity (Wildman–Crippen MR) is 109 cm³/mol. The molecule has 1 amide bonds. The number of nitriles is 1. The van der Waals surface area contributed by atoms with Crippen molar-refractivity contribution in [2.45, 2.75) is 32.6 Å². The molecule has 4 nitrogen and oxygen atoms in total. The molecule has 2 heterocycles. The van der Waals surface area contributed by atoms with Gasteiger partial charge in [-0.1, -0.05) is 6.92 Å². The Bertz CT molecular complexity index is 865. The van der Waals surface area contributed by atoms with Gasteiger partial charge in [-0.3, -0.25) is 4.79 Å². The van der Waals surface area contributed by atoms with E-state index in [0.29, 0.717) is 5.56 Å². The topological polar surface area (TPSA) is 47.3 Å². The molecule has 0 spiro atoms. The number of hydrogen-bond donors (Lipinski definition) is 0. The lowest BCUT2D eigenvalue weighted by atomic mass is 9.90. The van der Waals surface area contributed by atoms with E-state index in [9.17, 15) is 4.79 Å². The zero-order chi connectivity index (χ0) is 18.8. The second kappa shape index (κ2) is 7.74. The molecule has 140 valence electrons. The van der Waals surface area contributed by atoms with E-state index in [1.165, 1.54) is 16.9 Å². The molecule has 0 saturated carbocycles. The van der Waals surface area contributed by atoms with Crippen molar-refractivity contribution in [2.24, 2.45) is 5.92 Å². The molecule has 1 atom stereocenters. The number of thiophene rings is 1. The summed E-state index contributed by atoms with van der Waals surface area (Å²) in [6.45, 7) is 5.63. The summed E-state index contributed by atoms with van der Waals surface area (Å²) in [6, 6.07) is 12.0. The Labute approximate surface area is 165 Å². The summed E-state index contributed by atoms with van der Waals surface area (Å²) in [6.07, 6.45) is 4.45. The quantitative estimate of drug-likeness (QED) is 0.789. The van der Waals surface area contributed by atoms with Crippen molar-refractivity contribution in [1.82, 2.24) is 4.90 Å². The Morgan fingerprint density at radius 2 is 2.00 bits per heavy atom. The average molecular weight is 380 g/mol. The third-order valence-electron chi connectivity index (χ3n) is 5.68. The number of carbonyl (C=O) groups excluding carboxylic acids is 1. The van der Waals surface area contributed by atoms with Gasteiger partial charge >= 0.3 is 0 Å². The molecule has 1 unspecified atom stereocenters. The number of aryl methyl sites for hydroxylation is 1. The fourth-order valence-electron chi connectivity index (χ4n) is 4.09. The number of fused-ring (bicyclic) bond motifs is 1. The Kier molecular flexibility index (Phi) is 5.18. The Balaban J connectivity index is 1.43. The van der Waals surface area contributed by atoms with Gasteiger partial charge in [0, 0.05) is 36.7 Å². The van der Waals surface area contributed by atoms with E-state index < -0.39 is 0 Å². The molecule has 1 saturated heterocycles. The normalized spacial score (nSPS) is 19.9. The van der Waals surface area contributed by atoms with E-state index in [4.69, 9.17) is 5.26 Å². The Morgan fingerprint density at radius 3 is 2.78 bits per heavy atom. The second-order valence-electron chi connectivity index (χ2n) is 7.70. The van der Waals surface area contributed by atoms with Crippen molar-refractivity contribution in [1.29, 1.82) is 5.26 Å². The second-order valence-corrected chi connectivity index (χ2v) is 8.84. The third kappa shape index (κ3) is 3.86. The molecule has 4 rings (SSSR count). The first kappa shape index (κ1) is 18.1. The maximum atomic E-state index is 13.1. The van der Waals surface area contributed by atoms with Gasteiger partial charge in [-0.05, 0) is 67.5 Å². The average Bonchev–Trinajstić information content (AvgIpc) is 2.95. The first-order chi connectivity index (χ1) is 13.1. The molecule has 1 fully saturated rings. The molecule has 2 aromatic rings. The van der Waals surface area contributed by atoms with Crippen LogP contribution in [-0.4, -0.2) is 37.0 Å². The van der Waals surface area contributed by atoms with Crippen molar-refractivity contribution >= 4 is 22.9 Å². The van der Waals surface area contributed by atoms with Crippen LogP contribution in [0.4, 0.5) is 5.69 Å². The fraction of sp³-hybridized carbons (Fsp3) is 0.455. The van der Waals surface area contributed by atoms with Gasteiger partial charge < -0.3 is 9.80 Å². The van der Waals surface area contributed by atoms with E-state index in [1.807, 2.05) is 29.2 Å². The molecule has 1 aliphatic heterocycles. The van der Waals surface area contributed by atoms with Gasteiger partial charge in [0.05, 0.1) is 16.5 Å². The standard InChI is InChI=1S/C22H25N3OS/c1-16-3-8-20-18(13-16)14-21(27-20)22(26)25-10-2-9-24(11-12-25)19-6-4-17(15-23)5-7-19/h4-7,14,16H,2-3,8-13H2,1H3. The minimum atomic E-state index is 0.198. The van der Waals surface area contributed by atoms with Crippen molar-refractivity contribution in [2.75, 3.05) is 31.1 Å². The van der Waals surface area contributed by atoms with Gasteiger partial charge in [-0.25, -0.2) is 0 Å². The summed E-state index contributed by atoms with van der Waals surface area (Å²) in [4.78, 5) is 19.7. The highest BCUT2D eigenvalue weighted by atomic mass is 32.1. The molecular weight excluding hydrogens is 354 g/mol. The first-order valence-corrected chi connectivity index (χ1v) is 10.6. The first-order valence-electron chi connectivity index (χ1n) is 9.80. The van der Waals surface area contributed by atoms with Crippen LogP contribution in [0.3, 0.4) is 0 Å². The number of rotatable bonds is 2. The monoisotopic (exact) mass is 379 g/mol. The van der Waals surface area contributed by atoms with Gasteiger partial charge in [0.1, 0.15) is 0 Å². The van der Waals surface area contributed by atoms with Gasteiger partial charge in [-0.2, -0.15) is 5.26 Å². The largest absolute Gasteiger partial charge is 0.370 e. The molecule has 1 aliphatic carbocycles. The smallest absolute Gasteiger partial charge is 0.263 e. The zero-order valence-corrected chi connectivity index (χ0v) is 16.6. The molecule has 2 aliphatic rings. The molecule has 1 aromatic heterocycles. The summed E-state index contributed by atoms with van der Waals surface area (Å²) < 4.78 is 0. The van der Waals surface area contributed by atoms with E-state index in [-0.39, 0.29) is 5.91 Å². The molecule has 0 bridgehead atoms. The van der Waals surface area contributed by atoms with Crippen molar-refractivity contribution in [3.05, 3.63) is 51.2 Å². The van der Waals surface area contributed by atoms with Crippen LogP contribution in [0.2, 0.25) is 0 Å². The van der Waals surface area contributed by atoms with E-state index in [0.717, 1.165) is 61.9 Å². The van der Waals surface area contributed by atoms with Crippen LogP contribution >= 0.6 is 11.3 Å². The highest BCUT2D eigenvalue weighted by Crippen LogP contribution is 2.33. The van der Waals surface area contributed by atoms with Crippen LogP contribution in [0.1, 0.15) is 45.4 Å². The predicted octanol–water partition coefficient (Wildman–Crippen LogP) is 4.10. The summed E-state index contributed by atoms with van der Waals surface area (Å²) in [7, 11) is 0. The minimum Gasteiger partial charge on any atom is -0.370 e. The molecule has 27 heavy (non-hydrogen) atoms. The number of carbonyl (C=O) groups is 1. The van der Waals surface area contributed by atoms with E-state index in [2.05, 4.69) is 24.0 Å². The molecule has 0 radical (unpaired) electrons. The molecule has 5 heteroatoms. The van der Waals surface area contributed by atoms with Crippen LogP contribution in [0.15, 0.2) is 30.3 Å². The SMILES string of the molecule is CC1CCc2sc(C(=O)N3CCCN(c4ccc(C#N)cc4)CC3)cc2C1. The van der Waals surface area contributed by atoms with Crippen LogP contribution in [-0.2, 0) is 12.8 Å². The van der Waals surface area contributed by atoms with Crippen LogP contribution in [0, 0.1) is 17.2 Å². The van der Waals surface area contributed by atoms with Crippen molar-refractivity contribution < 1.29 is 4.79 Å². The Morgan fingerprint density at radius 1 is 1.19 bits per heavy atom. The highest BCUT2D eigenvalue weighted by molar-refractivity contribution is 7.14. The number of benzene rings is 1. The molecule has 1 aromatic carbocycles. The maximum absolute atomic E-state index is 13.1. The Hall–Kier alpha value is -2.32. The van der Waals surface area contributed by atoms with E-state index in [1.54, 1.807) is 11.3 Å². The summed E-state index contributed by atoms with van der Waals surface area (Å²) in [5.74, 6) is 0.929. The summed E-state index contributed by atoms with van der Waals surface area (Å²) >= 11 is 1.71. The van der Waals surface area contributed by atoms with Crippen LogP contribution < -0.4 is 4.90 Å². The lowest BCUT2D eigenvalue weighted by Gasteiger charge is -2.23. The number of hydrogen-bond acceptors (Lipinski definition) is 4. The lowest BCUT2D eigenvalue weighted by molar-refractivity contribution is 0.0772. The van der Waals surface area contributed by atoms with Crippen molar-refractivity contribution in [3.63, 3.8) is 0 Å². The van der Waals surface area contributed by atoms with Gasteiger partial charge in [0.15, 0.2) is 0 Å². The van der Waals surface area contributed by atoms with E-state index >= 15 is 0 Å². The maximum Gasteiger partial charge on any atom is 0.263 e. The third-order valence-corrected chi connectivity index (χ3v) is 6.91.